The number of carbonyl (C=O) groups is 2. The van der Waals surface area contributed by atoms with E-state index in [0.29, 0.717) is 25.4 Å². The maximum absolute atomic E-state index is 11.9. The van der Waals surface area contributed by atoms with Gasteiger partial charge in [0, 0.05) is 24.9 Å². The van der Waals surface area contributed by atoms with Crippen molar-refractivity contribution in [2.45, 2.75) is 25.5 Å². The molecule has 18 heavy (non-hydrogen) atoms. The molecule has 1 aliphatic carbocycles. The lowest BCUT2D eigenvalue weighted by Crippen LogP contribution is -2.40. The van der Waals surface area contributed by atoms with Gasteiger partial charge in [0.25, 0.3) is 0 Å². The van der Waals surface area contributed by atoms with Crippen molar-refractivity contribution in [1.29, 1.82) is 0 Å². The van der Waals surface area contributed by atoms with Crippen molar-refractivity contribution < 1.29 is 14.3 Å². The Labute approximate surface area is 106 Å². The van der Waals surface area contributed by atoms with Gasteiger partial charge in [-0.15, -0.1) is 0 Å². The Morgan fingerprint density at radius 2 is 2.11 bits per heavy atom. The number of hydrogen-bond donors (Lipinski definition) is 0. The second-order valence-corrected chi connectivity index (χ2v) is 4.86. The number of Topliss-reactive ketones (excluding diaryl/α,β-unsaturated/α-hetero) is 1. The number of piperidine rings is 1. The molecule has 1 amide bonds. The minimum atomic E-state index is -0.293. The van der Waals surface area contributed by atoms with Crippen LogP contribution >= 0.6 is 0 Å². The fourth-order valence-corrected chi connectivity index (χ4v) is 2.48. The zero-order valence-electron chi connectivity index (χ0n) is 10.0. The van der Waals surface area contributed by atoms with Crippen LogP contribution in [-0.4, -0.2) is 29.4 Å². The third-order valence-electron chi connectivity index (χ3n) is 3.61. The van der Waals surface area contributed by atoms with E-state index < -0.39 is 0 Å². The topological polar surface area (TPSA) is 46.6 Å². The van der Waals surface area contributed by atoms with Crippen molar-refractivity contribution in [3.8, 4) is 0 Å². The van der Waals surface area contributed by atoms with E-state index in [1.165, 1.54) is 0 Å². The summed E-state index contributed by atoms with van der Waals surface area (Å²) in [5.41, 5.74) is 0.978. The number of hydrogen-bond acceptors (Lipinski definition) is 3. The summed E-state index contributed by atoms with van der Waals surface area (Å²) >= 11 is 0. The van der Waals surface area contributed by atoms with Crippen molar-refractivity contribution >= 4 is 11.9 Å². The standard InChI is InChI=1S/C14H15NO3/c16-13-6-7-15(12-8-11(12)13)14(17)18-9-10-4-2-1-3-5-10/h1-5,11-12H,6-9H2. The number of fused-ring (bicyclic) bond motifs is 1. The number of ether oxygens (including phenoxy) is 1. The molecule has 0 spiro atoms. The molecule has 1 saturated heterocycles. The minimum absolute atomic E-state index is 0.0861. The van der Waals surface area contributed by atoms with Crippen molar-refractivity contribution in [2.75, 3.05) is 6.54 Å². The van der Waals surface area contributed by atoms with E-state index in [1.54, 1.807) is 4.90 Å². The molecule has 2 unspecified atom stereocenters. The van der Waals surface area contributed by atoms with Gasteiger partial charge >= 0.3 is 6.09 Å². The summed E-state index contributed by atoms with van der Waals surface area (Å²) in [6.07, 6.45) is 1.000. The van der Waals surface area contributed by atoms with Gasteiger partial charge < -0.3 is 9.64 Å². The zero-order chi connectivity index (χ0) is 12.5. The van der Waals surface area contributed by atoms with Gasteiger partial charge in [-0.05, 0) is 12.0 Å². The molecule has 1 aliphatic heterocycles. The van der Waals surface area contributed by atoms with E-state index in [4.69, 9.17) is 4.74 Å². The van der Waals surface area contributed by atoms with E-state index in [0.717, 1.165) is 12.0 Å². The number of rotatable bonds is 2. The molecule has 2 aliphatic rings. The highest BCUT2D eigenvalue weighted by atomic mass is 16.6. The minimum Gasteiger partial charge on any atom is -0.445 e. The number of carbonyl (C=O) groups excluding carboxylic acids is 2. The van der Waals surface area contributed by atoms with Gasteiger partial charge in [-0.1, -0.05) is 30.3 Å². The van der Waals surface area contributed by atoms with Crippen LogP contribution in [0.15, 0.2) is 30.3 Å². The summed E-state index contributed by atoms with van der Waals surface area (Å²) in [5, 5.41) is 0. The molecule has 0 radical (unpaired) electrons. The van der Waals surface area contributed by atoms with E-state index in [2.05, 4.69) is 0 Å². The molecule has 4 nitrogen and oxygen atoms in total. The average Bonchev–Trinajstić information content (AvgIpc) is 3.19. The highest BCUT2D eigenvalue weighted by Gasteiger charge is 2.51. The van der Waals surface area contributed by atoms with Crippen LogP contribution in [0.3, 0.4) is 0 Å². The van der Waals surface area contributed by atoms with Crippen LogP contribution in [0.25, 0.3) is 0 Å². The summed E-state index contributed by atoms with van der Waals surface area (Å²) < 4.78 is 5.28. The lowest BCUT2D eigenvalue weighted by Gasteiger charge is -2.25. The van der Waals surface area contributed by atoms with Crippen molar-refractivity contribution in [2.24, 2.45) is 5.92 Å². The monoisotopic (exact) mass is 245 g/mol. The quantitative estimate of drug-likeness (QED) is 0.800. The predicted octanol–water partition coefficient (Wildman–Crippen LogP) is 1.99. The Morgan fingerprint density at radius 1 is 1.33 bits per heavy atom. The second kappa shape index (κ2) is 4.44. The lowest BCUT2D eigenvalue weighted by atomic mass is 10.1. The lowest BCUT2D eigenvalue weighted by molar-refractivity contribution is -0.122. The molecule has 0 N–H and O–H groups in total. The molecular weight excluding hydrogens is 230 g/mol. The molecule has 0 aromatic heterocycles. The zero-order valence-corrected chi connectivity index (χ0v) is 10.0. The number of ketones is 1. The maximum Gasteiger partial charge on any atom is 0.410 e. The first-order valence-electron chi connectivity index (χ1n) is 6.26. The fraction of sp³-hybridized carbons (Fsp3) is 0.429. The van der Waals surface area contributed by atoms with Gasteiger partial charge in [0.05, 0.1) is 0 Å². The van der Waals surface area contributed by atoms with Crippen LogP contribution in [0, 0.1) is 5.92 Å². The molecule has 1 aromatic rings. The smallest absolute Gasteiger partial charge is 0.410 e. The normalized spacial score (nSPS) is 25.6. The van der Waals surface area contributed by atoms with Crippen LogP contribution in [-0.2, 0) is 16.1 Å². The third kappa shape index (κ3) is 2.10. The number of amides is 1. The van der Waals surface area contributed by atoms with Gasteiger partial charge in [0.15, 0.2) is 0 Å². The van der Waals surface area contributed by atoms with Crippen molar-refractivity contribution in [3.05, 3.63) is 35.9 Å². The predicted molar refractivity (Wildman–Crippen MR) is 64.9 cm³/mol. The number of benzene rings is 1. The number of likely N-dealkylation sites (tertiary alicyclic amines) is 1. The Morgan fingerprint density at radius 3 is 2.89 bits per heavy atom. The molecule has 1 saturated carbocycles. The Bertz CT molecular complexity index is 471. The van der Waals surface area contributed by atoms with Crippen LogP contribution in [0.5, 0.6) is 0 Å². The highest BCUT2D eigenvalue weighted by Crippen LogP contribution is 2.41. The summed E-state index contributed by atoms with van der Waals surface area (Å²) in [5.74, 6) is 0.384. The largest absolute Gasteiger partial charge is 0.445 e. The first-order valence-corrected chi connectivity index (χ1v) is 6.26. The molecule has 0 bridgehead atoms. The first-order chi connectivity index (χ1) is 8.75. The Balaban J connectivity index is 1.55. The molecule has 1 aromatic carbocycles. The molecule has 3 rings (SSSR count). The van der Waals surface area contributed by atoms with E-state index in [-0.39, 0.29) is 18.1 Å². The van der Waals surface area contributed by atoms with Crippen LogP contribution in [0.2, 0.25) is 0 Å². The van der Waals surface area contributed by atoms with Gasteiger partial charge in [0.1, 0.15) is 12.4 Å². The molecule has 1 heterocycles. The molecule has 4 heteroatoms. The van der Waals surface area contributed by atoms with Gasteiger partial charge in [0.2, 0.25) is 0 Å². The first kappa shape index (κ1) is 11.3. The Kier molecular flexibility index (Phi) is 2.78. The van der Waals surface area contributed by atoms with Gasteiger partial charge in [-0.25, -0.2) is 4.79 Å². The third-order valence-corrected chi connectivity index (χ3v) is 3.61. The molecular formula is C14H15NO3. The van der Waals surface area contributed by atoms with E-state index in [1.807, 2.05) is 30.3 Å². The highest BCUT2D eigenvalue weighted by molar-refractivity contribution is 5.87. The van der Waals surface area contributed by atoms with Crippen LogP contribution in [0.1, 0.15) is 18.4 Å². The summed E-state index contributed by atoms with van der Waals surface area (Å²) in [4.78, 5) is 25.0. The SMILES string of the molecule is O=C1CCN(C(=O)OCc2ccccc2)C2CC12. The average molecular weight is 245 g/mol. The van der Waals surface area contributed by atoms with Crippen molar-refractivity contribution in [3.63, 3.8) is 0 Å². The molecule has 2 fully saturated rings. The second-order valence-electron chi connectivity index (χ2n) is 4.86. The summed E-state index contributed by atoms with van der Waals surface area (Å²) in [7, 11) is 0. The van der Waals surface area contributed by atoms with Crippen LogP contribution in [0.4, 0.5) is 4.79 Å². The van der Waals surface area contributed by atoms with Gasteiger partial charge in [-0.3, -0.25) is 4.79 Å². The van der Waals surface area contributed by atoms with Crippen LogP contribution < -0.4 is 0 Å². The molecule has 2 atom stereocenters. The molecule has 94 valence electrons. The van der Waals surface area contributed by atoms with Gasteiger partial charge in [-0.2, -0.15) is 0 Å². The number of nitrogens with zero attached hydrogens (tertiary/aromatic N) is 1. The Hall–Kier alpha value is -1.84. The van der Waals surface area contributed by atoms with Crippen molar-refractivity contribution in [1.82, 2.24) is 4.90 Å². The maximum atomic E-state index is 11.9. The van der Waals surface area contributed by atoms with E-state index in [9.17, 15) is 9.59 Å². The van der Waals surface area contributed by atoms with E-state index >= 15 is 0 Å². The fourth-order valence-electron chi connectivity index (χ4n) is 2.48. The summed E-state index contributed by atoms with van der Waals surface area (Å²) in [6.45, 7) is 0.801. The summed E-state index contributed by atoms with van der Waals surface area (Å²) in [6, 6.07) is 9.71.